The molecule has 0 atom stereocenters. The lowest BCUT2D eigenvalue weighted by Crippen LogP contribution is -2.35. The largest absolute Gasteiger partial charge is 0.492 e. The van der Waals surface area contributed by atoms with E-state index in [1.165, 1.54) is 0 Å². The van der Waals surface area contributed by atoms with Crippen molar-refractivity contribution < 1.29 is 4.74 Å². The van der Waals surface area contributed by atoms with Crippen molar-refractivity contribution in [1.82, 2.24) is 10.3 Å². The molecule has 0 aliphatic rings. The molecule has 0 saturated heterocycles. The molecule has 0 bridgehead atoms. The number of unbranched alkanes of at least 4 members (excludes halogenated alkanes) is 1. The second-order valence-corrected chi connectivity index (χ2v) is 5.20. The molecule has 1 aromatic rings. The number of nitrogens with one attached hydrogen (secondary N) is 1. The molecule has 0 radical (unpaired) electrons. The molecule has 0 fully saturated rings. The zero-order valence-corrected chi connectivity index (χ0v) is 11.4. The number of pyridine rings is 1. The van der Waals surface area contributed by atoms with Gasteiger partial charge >= 0.3 is 0 Å². The van der Waals surface area contributed by atoms with Gasteiger partial charge in [0.05, 0.1) is 24.6 Å². The lowest BCUT2D eigenvalue weighted by Gasteiger charge is -2.20. The van der Waals surface area contributed by atoms with Gasteiger partial charge in [-0.05, 0) is 39.3 Å². The Bertz CT molecular complexity index is 387. The number of hydrogen-bond acceptors (Lipinski definition) is 4. The van der Waals surface area contributed by atoms with E-state index in [9.17, 15) is 0 Å². The molecule has 0 aliphatic heterocycles. The first kappa shape index (κ1) is 14.5. The van der Waals surface area contributed by atoms with Gasteiger partial charge in [-0.1, -0.05) is 0 Å². The molecule has 0 aromatic carbocycles. The van der Waals surface area contributed by atoms with E-state index in [1.54, 1.807) is 6.20 Å². The highest BCUT2D eigenvalue weighted by Crippen LogP contribution is 2.10. The van der Waals surface area contributed by atoms with Crippen LogP contribution in [-0.4, -0.2) is 17.1 Å². The normalized spacial score (nSPS) is 11.0. The second-order valence-electron chi connectivity index (χ2n) is 5.20. The summed E-state index contributed by atoms with van der Waals surface area (Å²) >= 11 is 0. The average molecular weight is 247 g/mol. The van der Waals surface area contributed by atoms with Gasteiger partial charge in [0.1, 0.15) is 5.75 Å². The van der Waals surface area contributed by atoms with Crippen LogP contribution in [0.5, 0.6) is 5.75 Å². The molecule has 1 rings (SSSR count). The molecular weight excluding hydrogens is 226 g/mol. The van der Waals surface area contributed by atoms with Crippen molar-refractivity contribution in [2.24, 2.45) is 0 Å². The summed E-state index contributed by atoms with van der Waals surface area (Å²) in [4.78, 5) is 4.33. The van der Waals surface area contributed by atoms with E-state index in [0.717, 1.165) is 24.4 Å². The number of nitriles is 1. The first-order valence-corrected chi connectivity index (χ1v) is 6.21. The summed E-state index contributed by atoms with van der Waals surface area (Å²) in [5.41, 5.74) is 1.09. The van der Waals surface area contributed by atoms with Crippen molar-refractivity contribution in [2.45, 2.75) is 45.7 Å². The van der Waals surface area contributed by atoms with Crippen LogP contribution < -0.4 is 10.1 Å². The van der Waals surface area contributed by atoms with Crippen LogP contribution in [0.4, 0.5) is 0 Å². The zero-order chi connectivity index (χ0) is 13.4. The maximum Gasteiger partial charge on any atom is 0.137 e. The molecule has 1 aromatic heterocycles. The van der Waals surface area contributed by atoms with Crippen LogP contribution in [0.15, 0.2) is 18.3 Å². The quantitative estimate of drug-likeness (QED) is 0.785. The molecule has 0 saturated carbocycles. The Labute approximate surface area is 109 Å². The van der Waals surface area contributed by atoms with Crippen LogP contribution in [0.2, 0.25) is 0 Å². The van der Waals surface area contributed by atoms with Crippen LogP contribution in [0, 0.1) is 11.3 Å². The van der Waals surface area contributed by atoms with E-state index >= 15 is 0 Å². The Morgan fingerprint density at radius 3 is 2.72 bits per heavy atom. The molecule has 1 heterocycles. The van der Waals surface area contributed by atoms with Crippen molar-refractivity contribution >= 4 is 0 Å². The van der Waals surface area contributed by atoms with Gasteiger partial charge < -0.3 is 10.1 Å². The molecule has 0 spiro atoms. The number of aromatic nitrogens is 1. The smallest absolute Gasteiger partial charge is 0.137 e. The lowest BCUT2D eigenvalue weighted by molar-refractivity contribution is 0.311. The van der Waals surface area contributed by atoms with Gasteiger partial charge in [0.15, 0.2) is 0 Å². The van der Waals surface area contributed by atoms with E-state index in [-0.39, 0.29) is 5.54 Å². The predicted molar refractivity (Wildman–Crippen MR) is 71.2 cm³/mol. The fraction of sp³-hybridized carbons (Fsp3) is 0.571. The average Bonchev–Trinajstić information content (AvgIpc) is 2.33. The molecule has 0 amide bonds. The third-order valence-corrected chi connectivity index (χ3v) is 2.30. The van der Waals surface area contributed by atoms with E-state index in [4.69, 9.17) is 10.00 Å². The van der Waals surface area contributed by atoms with Crippen molar-refractivity contribution in [3.05, 3.63) is 24.0 Å². The molecule has 4 nitrogen and oxygen atoms in total. The minimum Gasteiger partial charge on any atom is -0.492 e. The van der Waals surface area contributed by atoms with Gasteiger partial charge in [0.25, 0.3) is 0 Å². The molecular formula is C14H21N3O. The maximum absolute atomic E-state index is 8.40. The topological polar surface area (TPSA) is 57.9 Å². The molecule has 1 N–H and O–H groups in total. The summed E-state index contributed by atoms with van der Waals surface area (Å²) in [6.45, 7) is 7.69. The second kappa shape index (κ2) is 6.97. The summed E-state index contributed by atoms with van der Waals surface area (Å²) in [5.74, 6) is 0.757. The van der Waals surface area contributed by atoms with Gasteiger partial charge in [-0.25, -0.2) is 0 Å². The third kappa shape index (κ3) is 6.21. The molecule has 98 valence electrons. The Kier molecular flexibility index (Phi) is 5.60. The number of rotatable bonds is 6. The number of hydrogen-bond donors (Lipinski definition) is 1. The number of nitrogens with zero attached hydrogens (tertiary/aromatic N) is 2. The predicted octanol–water partition coefficient (Wildman–Crippen LogP) is 2.65. The van der Waals surface area contributed by atoms with E-state index in [2.05, 4.69) is 37.1 Å². The monoisotopic (exact) mass is 247 g/mol. The highest BCUT2D eigenvalue weighted by atomic mass is 16.5. The summed E-state index contributed by atoms with van der Waals surface area (Å²) in [6.07, 6.45) is 3.01. The van der Waals surface area contributed by atoms with Gasteiger partial charge in [-0.2, -0.15) is 5.26 Å². The Balaban J connectivity index is 2.36. The Morgan fingerprint density at radius 1 is 1.39 bits per heavy atom. The van der Waals surface area contributed by atoms with E-state index < -0.39 is 0 Å². The van der Waals surface area contributed by atoms with Gasteiger partial charge in [0.2, 0.25) is 0 Å². The Hall–Kier alpha value is -1.60. The van der Waals surface area contributed by atoms with Crippen molar-refractivity contribution in [3.63, 3.8) is 0 Å². The van der Waals surface area contributed by atoms with E-state index in [0.29, 0.717) is 13.0 Å². The number of ether oxygens (including phenoxy) is 1. The van der Waals surface area contributed by atoms with Crippen molar-refractivity contribution in [2.75, 3.05) is 6.61 Å². The minimum absolute atomic E-state index is 0.0914. The molecule has 0 unspecified atom stereocenters. The van der Waals surface area contributed by atoms with Gasteiger partial charge in [-0.3, -0.25) is 4.98 Å². The lowest BCUT2D eigenvalue weighted by atomic mass is 10.1. The summed E-state index contributed by atoms with van der Waals surface area (Å²) in [6, 6.07) is 5.96. The van der Waals surface area contributed by atoms with Crippen molar-refractivity contribution in [1.29, 1.82) is 5.26 Å². The Morgan fingerprint density at radius 2 is 2.17 bits per heavy atom. The van der Waals surface area contributed by atoms with Crippen LogP contribution in [-0.2, 0) is 6.54 Å². The highest BCUT2D eigenvalue weighted by Gasteiger charge is 2.08. The third-order valence-electron chi connectivity index (χ3n) is 2.30. The van der Waals surface area contributed by atoms with Gasteiger partial charge in [0, 0.05) is 18.5 Å². The fourth-order valence-corrected chi connectivity index (χ4v) is 1.30. The maximum atomic E-state index is 8.40. The SMILES string of the molecule is CC(C)(C)NCc1ccc(OCCCC#N)cn1. The fourth-order valence-electron chi connectivity index (χ4n) is 1.30. The van der Waals surface area contributed by atoms with Gasteiger partial charge in [-0.15, -0.1) is 0 Å². The van der Waals surface area contributed by atoms with Crippen molar-refractivity contribution in [3.8, 4) is 11.8 Å². The molecule has 18 heavy (non-hydrogen) atoms. The summed E-state index contributed by atoms with van der Waals surface area (Å²) in [7, 11) is 0. The standard InChI is InChI=1S/C14H21N3O/c1-14(2,3)17-10-12-6-7-13(11-16-12)18-9-5-4-8-15/h6-7,11,17H,4-5,9-10H2,1-3H3. The molecule has 0 aliphatic carbocycles. The van der Waals surface area contributed by atoms with Crippen LogP contribution >= 0.6 is 0 Å². The first-order valence-electron chi connectivity index (χ1n) is 6.21. The zero-order valence-electron chi connectivity index (χ0n) is 11.4. The van der Waals surface area contributed by atoms with E-state index in [1.807, 2.05) is 12.1 Å². The van der Waals surface area contributed by atoms with Crippen LogP contribution in [0.1, 0.15) is 39.3 Å². The summed E-state index contributed by atoms with van der Waals surface area (Å²) < 4.78 is 5.47. The van der Waals surface area contributed by atoms with Crippen LogP contribution in [0.3, 0.4) is 0 Å². The first-order chi connectivity index (χ1) is 8.51. The minimum atomic E-state index is 0.0914. The molecule has 4 heteroatoms. The highest BCUT2D eigenvalue weighted by molar-refractivity contribution is 5.19. The van der Waals surface area contributed by atoms with Crippen LogP contribution in [0.25, 0.3) is 0 Å². The summed E-state index contributed by atoms with van der Waals surface area (Å²) in [5, 5.41) is 11.8.